The summed E-state index contributed by atoms with van der Waals surface area (Å²) in [6, 6.07) is 4.88. The van der Waals surface area contributed by atoms with Crippen LogP contribution in [-0.4, -0.2) is 23.4 Å². The van der Waals surface area contributed by atoms with Gasteiger partial charge in [0.05, 0.1) is 11.4 Å². The van der Waals surface area contributed by atoms with E-state index < -0.39 is 6.09 Å². The smallest absolute Gasteiger partial charge is 0.402 e. The van der Waals surface area contributed by atoms with E-state index in [4.69, 9.17) is 9.90 Å². The topological polar surface area (TPSA) is 122 Å². The Balaban J connectivity index is 0.000000557. The molecule has 0 aliphatic carbocycles. The van der Waals surface area contributed by atoms with Gasteiger partial charge in [-0.25, -0.2) is 14.4 Å². The fraction of sp³-hybridized carbons (Fsp3) is 0.100. The van der Waals surface area contributed by atoms with Crippen LogP contribution in [-0.2, 0) is 9.59 Å². The van der Waals surface area contributed by atoms with Crippen molar-refractivity contribution in [1.29, 1.82) is 0 Å². The molecular formula is C10H9N3O4. The second-order valence-corrected chi connectivity index (χ2v) is 2.72. The molecule has 88 valence electrons. The molecule has 0 spiro atoms. The number of isocyanates is 2. The molecule has 0 aromatic heterocycles. The maximum Gasteiger partial charge on any atom is 0.402 e. The number of nitrogens with zero attached hydrogens (tertiary/aromatic N) is 2. The zero-order valence-electron chi connectivity index (χ0n) is 8.88. The third-order valence-corrected chi connectivity index (χ3v) is 1.53. The normalized spacial score (nSPS) is 7.82. The first kappa shape index (κ1) is 14.2. The van der Waals surface area contributed by atoms with Gasteiger partial charge in [0.15, 0.2) is 0 Å². The Bertz CT molecular complexity index is 496. The lowest BCUT2D eigenvalue weighted by molar-refractivity contribution is 0.205. The number of benzene rings is 1. The van der Waals surface area contributed by atoms with Gasteiger partial charge in [0.2, 0.25) is 12.2 Å². The highest BCUT2D eigenvalue weighted by molar-refractivity contribution is 5.62. The van der Waals surface area contributed by atoms with E-state index in [1.807, 2.05) is 0 Å². The highest BCUT2D eigenvalue weighted by Crippen LogP contribution is 2.23. The van der Waals surface area contributed by atoms with E-state index in [0.717, 1.165) is 5.56 Å². The zero-order valence-corrected chi connectivity index (χ0v) is 8.88. The lowest BCUT2D eigenvalue weighted by Crippen LogP contribution is -2.03. The molecule has 0 unspecified atom stereocenters. The molecule has 7 nitrogen and oxygen atoms in total. The van der Waals surface area contributed by atoms with E-state index in [1.165, 1.54) is 18.2 Å². The molecule has 1 rings (SSSR count). The van der Waals surface area contributed by atoms with Gasteiger partial charge in [0, 0.05) is 0 Å². The quantitative estimate of drug-likeness (QED) is 0.596. The van der Waals surface area contributed by atoms with Crippen LogP contribution in [0, 0.1) is 6.92 Å². The highest BCUT2D eigenvalue weighted by Gasteiger charge is 1.97. The number of carbonyl (C=O) groups is 1. The average Bonchev–Trinajstić information content (AvgIpc) is 2.23. The van der Waals surface area contributed by atoms with E-state index >= 15 is 0 Å². The van der Waals surface area contributed by atoms with Crippen LogP contribution in [0.1, 0.15) is 5.56 Å². The molecule has 0 aliphatic heterocycles. The number of amides is 1. The van der Waals surface area contributed by atoms with Crippen LogP contribution >= 0.6 is 0 Å². The summed E-state index contributed by atoms with van der Waals surface area (Å²) in [5, 5.41) is 7.19. The number of aliphatic imine (C=N–C) groups is 2. The first-order chi connectivity index (χ1) is 8.01. The summed E-state index contributed by atoms with van der Waals surface area (Å²) >= 11 is 0. The largest absolute Gasteiger partial charge is 0.465 e. The molecule has 0 atom stereocenters. The lowest BCUT2D eigenvalue weighted by Gasteiger charge is -1.97. The second kappa shape index (κ2) is 7.53. The summed E-state index contributed by atoms with van der Waals surface area (Å²) in [7, 11) is 0. The van der Waals surface area contributed by atoms with Crippen molar-refractivity contribution in [3.05, 3.63) is 23.8 Å². The van der Waals surface area contributed by atoms with Crippen molar-refractivity contribution < 1.29 is 19.5 Å². The number of rotatable bonds is 2. The number of hydrogen-bond acceptors (Lipinski definition) is 5. The fourth-order valence-electron chi connectivity index (χ4n) is 0.890. The minimum absolute atomic E-state index is 0.426. The van der Waals surface area contributed by atoms with Crippen LogP contribution < -0.4 is 5.73 Å². The number of hydrogen-bond donors (Lipinski definition) is 2. The van der Waals surface area contributed by atoms with E-state index in [1.54, 1.807) is 19.1 Å². The molecule has 0 fully saturated rings. The number of nitrogens with two attached hydrogens (primary N) is 1. The van der Waals surface area contributed by atoms with Crippen LogP contribution in [0.2, 0.25) is 0 Å². The molecule has 0 saturated carbocycles. The number of carboxylic acid groups (broad SMARTS) is 1. The van der Waals surface area contributed by atoms with Gasteiger partial charge in [-0.05, 0) is 24.6 Å². The molecule has 17 heavy (non-hydrogen) atoms. The van der Waals surface area contributed by atoms with Crippen LogP contribution in [0.15, 0.2) is 28.2 Å². The predicted molar refractivity (Wildman–Crippen MR) is 59.0 cm³/mol. The van der Waals surface area contributed by atoms with Crippen molar-refractivity contribution >= 4 is 29.6 Å². The van der Waals surface area contributed by atoms with Gasteiger partial charge >= 0.3 is 6.09 Å². The van der Waals surface area contributed by atoms with Gasteiger partial charge in [0.1, 0.15) is 0 Å². The van der Waals surface area contributed by atoms with E-state index in [0.29, 0.717) is 11.4 Å². The third kappa shape index (κ3) is 6.35. The summed E-state index contributed by atoms with van der Waals surface area (Å²) < 4.78 is 0. The monoisotopic (exact) mass is 235 g/mol. The van der Waals surface area contributed by atoms with Gasteiger partial charge in [-0.2, -0.15) is 9.98 Å². The first-order valence-corrected chi connectivity index (χ1v) is 4.26. The summed E-state index contributed by atoms with van der Waals surface area (Å²) in [5.74, 6) is 0. The van der Waals surface area contributed by atoms with Crippen molar-refractivity contribution in [3.63, 3.8) is 0 Å². The summed E-state index contributed by atoms with van der Waals surface area (Å²) in [6.45, 7) is 1.80. The zero-order chi connectivity index (χ0) is 13.3. The Hall–Kier alpha value is -2.75. The first-order valence-electron chi connectivity index (χ1n) is 4.26. The molecule has 0 aliphatic rings. The number of primary amides is 1. The molecular weight excluding hydrogens is 226 g/mol. The Labute approximate surface area is 96.3 Å². The van der Waals surface area contributed by atoms with Crippen molar-refractivity contribution in [3.8, 4) is 0 Å². The van der Waals surface area contributed by atoms with Crippen molar-refractivity contribution in [2.24, 2.45) is 15.7 Å². The second-order valence-electron chi connectivity index (χ2n) is 2.72. The maximum atomic E-state index is 10.00. The molecule has 0 radical (unpaired) electrons. The standard InChI is InChI=1S/C9H6N2O2.CH3NO2/c1-7-2-3-8(10-5-12)4-9(7)11-6-13;2-1(3)4/h2-4H,1H3;2H2,(H,3,4). The average molecular weight is 235 g/mol. The minimum Gasteiger partial charge on any atom is -0.465 e. The summed E-state index contributed by atoms with van der Waals surface area (Å²) in [5.41, 5.74) is 5.74. The molecule has 0 heterocycles. The van der Waals surface area contributed by atoms with Gasteiger partial charge in [-0.15, -0.1) is 0 Å². The molecule has 1 amide bonds. The van der Waals surface area contributed by atoms with Crippen molar-refractivity contribution in [1.82, 2.24) is 0 Å². The molecule has 0 bridgehead atoms. The highest BCUT2D eigenvalue weighted by atomic mass is 16.4. The molecule has 1 aromatic carbocycles. The predicted octanol–water partition coefficient (Wildman–Crippen LogP) is 1.55. The molecule has 7 heteroatoms. The van der Waals surface area contributed by atoms with Crippen LogP contribution in [0.3, 0.4) is 0 Å². The van der Waals surface area contributed by atoms with Crippen molar-refractivity contribution in [2.75, 3.05) is 0 Å². The Morgan fingerprint density at radius 2 is 1.82 bits per heavy atom. The SMILES string of the molecule is Cc1ccc(N=C=O)cc1N=C=O.NC(=O)O. The Morgan fingerprint density at radius 3 is 2.29 bits per heavy atom. The number of carbonyl (C=O) groups excluding carboxylic acids is 2. The van der Waals surface area contributed by atoms with Crippen molar-refractivity contribution in [2.45, 2.75) is 6.92 Å². The third-order valence-electron chi connectivity index (χ3n) is 1.53. The fourth-order valence-corrected chi connectivity index (χ4v) is 0.890. The van der Waals surface area contributed by atoms with E-state index in [-0.39, 0.29) is 0 Å². The van der Waals surface area contributed by atoms with Crippen LogP contribution in [0.25, 0.3) is 0 Å². The van der Waals surface area contributed by atoms with Gasteiger partial charge in [-0.3, -0.25) is 0 Å². The van der Waals surface area contributed by atoms with E-state index in [9.17, 15) is 9.59 Å². The number of aryl methyl sites for hydroxylation is 1. The van der Waals surface area contributed by atoms with Crippen LogP contribution in [0.4, 0.5) is 16.2 Å². The lowest BCUT2D eigenvalue weighted by atomic mass is 10.2. The molecule has 1 aromatic rings. The van der Waals surface area contributed by atoms with E-state index in [2.05, 4.69) is 15.7 Å². The molecule has 3 N–H and O–H groups in total. The molecule has 0 saturated heterocycles. The minimum atomic E-state index is -1.33. The summed E-state index contributed by atoms with van der Waals surface area (Å²) in [6.07, 6.45) is 1.50. The Morgan fingerprint density at radius 1 is 1.29 bits per heavy atom. The summed E-state index contributed by atoms with van der Waals surface area (Å²) in [4.78, 5) is 35.6. The van der Waals surface area contributed by atoms with Gasteiger partial charge in [-0.1, -0.05) is 6.07 Å². The maximum absolute atomic E-state index is 10.00. The van der Waals surface area contributed by atoms with Gasteiger partial charge in [0.25, 0.3) is 0 Å². The van der Waals surface area contributed by atoms with Crippen LogP contribution in [0.5, 0.6) is 0 Å². The Kier molecular flexibility index (Phi) is 6.31. The van der Waals surface area contributed by atoms with Gasteiger partial charge < -0.3 is 10.8 Å².